The van der Waals surface area contributed by atoms with E-state index in [1.165, 1.54) is 0 Å². The van der Waals surface area contributed by atoms with Crippen LogP contribution in [0.4, 0.5) is 0 Å². The average molecular weight is 356 g/mol. The highest BCUT2D eigenvalue weighted by Gasteiger charge is 2.05. The fourth-order valence-corrected chi connectivity index (χ4v) is 2.18. The third-order valence-corrected chi connectivity index (χ3v) is 3.53. The summed E-state index contributed by atoms with van der Waals surface area (Å²) in [6.45, 7) is 4.19. The van der Waals surface area contributed by atoms with E-state index in [1.54, 1.807) is 6.20 Å². The van der Waals surface area contributed by atoms with Gasteiger partial charge in [0.15, 0.2) is 0 Å². The molecule has 0 amide bonds. The molecule has 0 unspecified atom stereocenters. The lowest BCUT2D eigenvalue weighted by Crippen LogP contribution is -2.12. The largest absolute Gasteiger partial charge is 0.472 e. The van der Waals surface area contributed by atoms with Crippen molar-refractivity contribution in [1.82, 2.24) is 10.3 Å². The zero-order valence-corrected chi connectivity index (χ0v) is 13.5. The molecule has 0 spiro atoms. The van der Waals surface area contributed by atoms with E-state index in [0.29, 0.717) is 17.5 Å². The maximum atomic E-state index is 6.18. The number of hydrogen-bond donors (Lipinski definition) is 1. The molecule has 1 N–H and O–H groups in total. The van der Waals surface area contributed by atoms with Gasteiger partial charge in [-0.1, -0.05) is 46.6 Å². The summed E-state index contributed by atoms with van der Waals surface area (Å²) < 4.78 is 6.69. The van der Waals surface area contributed by atoms with Gasteiger partial charge in [-0.05, 0) is 35.9 Å². The van der Waals surface area contributed by atoms with Crippen molar-refractivity contribution < 1.29 is 4.74 Å². The molecule has 20 heavy (non-hydrogen) atoms. The predicted molar refractivity (Wildman–Crippen MR) is 85.1 cm³/mol. The van der Waals surface area contributed by atoms with Crippen LogP contribution in [0, 0.1) is 0 Å². The first-order valence-corrected chi connectivity index (χ1v) is 7.58. The Labute approximate surface area is 132 Å². The highest BCUT2D eigenvalue weighted by Crippen LogP contribution is 2.23. The molecule has 2 rings (SSSR count). The normalized spacial score (nSPS) is 10.6. The minimum absolute atomic E-state index is 0.451. The van der Waals surface area contributed by atoms with E-state index in [4.69, 9.17) is 16.3 Å². The number of nitrogens with zero attached hydrogens (tertiary/aromatic N) is 1. The van der Waals surface area contributed by atoms with Crippen LogP contribution in [-0.4, -0.2) is 11.5 Å². The van der Waals surface area contributed by atoms with Crippen LogP contribution in [0.1, 0.15) is 18.1 Å². The number of nitrogens with one attached hydrogen (secondary N) is 1. The minimum atomic E-state index is 0.451. The topological polar surface area (TPSA) is 34.2 Å². The van der Waals surface area contributed by atoms with Gasteiger partial charge in [-0.2, -0.15) is 0 Å². The molecule has 1 heterocycles. The Balaban J connectivity index is 1.97. The maximum Gasteiger partial charge on any atom is 0.232 e. The van der Waals surface area contributed by atoms with Gasteiger partial charge < -0.3 is 10.1 Å². The van der Waals surface area contributed by atoms with Gasteiger partial charge in [0.1, 0.15) is 11.6 Å². The fraction of sp³-hybridized carbons (Fsp3) is 0.267. The highest BCUT2D eigenvalue weighted by atomic mass is 79.9. The van der Waals surface area contributed by atoms with Crippen LogP contribution in [-0.2, 0) is 13.2 Å². The molecule has 3 nitrogen and oxygen atoms in total. The van der Waals surface area contributed by atoms with Crippen LogP contribution in [0.25, 0.3) is 0 Å². The van der Waals surface area contributed by atoms with Gasteiger partial charge in [0, 0.05) is 17.2 Å². The first-order chi connectivity index (χ1) is 9.69. The zero-order valence-electron chi connectivity index (χ0n) is 11.2. The monoisotopic (exact) mass is 354 g/mol. The van der Waals surface area contributed by atoms with Crippen molar-refractivity contribution in [3.63, 3.8) is 0 Å². The van der Waals surface area contributed by atoms with Crippen molar-refractivity contribution in [3.05, 3.63) is 57.2 Å². The van der Waals surface area contributed by atoms with Crippen molar-refractivity contribution >= 4 is 27.5 Å². The molecule has 0 aliphatic rings. The van der Waals surface area contributed by atoms with Crippen molar-refractivity contribution in [2.45, 2.75) is 20.1 Å². The average Bonchev–Trinajstić information content (AvgIpc) is 2.46. The number of ether oxygens (including phenoxy) is 1. The third kappa shape index (κ3) is 4.47. The molecule has 0 fully saturated rings. The smallest absolute Gasteiger partial charge is 0.232 e. The number of aromatic nitrogens is 1. The molecule has 0 saturated heterocycles. The Kier molecular flexibility index (Phi) is 5.83. The number of hydrogen-bond acceptors (Lipinski definition) is 3. The van der Waals surface area contributed by atoms with Gasteiger partial charge >= 0.3 is 0 Å². The molecule has 106 valence electrons. The molecule has 1 aromatic carbocycles. The van der Waals surface area contributed by atoms with Gasteiger partial charge in [0.25, 0.3) is 0 Å². The summed E-state index contributed by atoms with van der Waals surface area (Å²) in [5, 5.41) is 3.77. The molecule has 0 radical (unpaired) electrons. The van der Waals surface area contributed by atoms with Crippen LogP contribution >= 0.6 is 27.5 Å². The summed E-state index contributed by atoms with van der Waals surface area (Å²) in [6, 6.07) is 9.84. The van der Waals surface area contributed by atoms with E-state index < -0.39 is 0 Å². The van der Waals surface area contributed by atoms with E-state index in [1.807, 2.05) is 30.3 Å². The van der Waals surface area contributed by atoms with Gasteiger partial charge in [0.2, 0.25) is 5.88 Å². The Morgan fingerprint density at radius 3 is 2.65 bits per heavy atom. The molecular weight excluding hydrogens is 340 g/mol. The summed E-state index contributed by atoms with van der Waals surface area (Å²) in [5.41, 5.74) is 2.12. The van der Waals surface area contributed by atoms with E-state index in [9.17, 15) is 0 Å². The highest BCUT2D eigenvalue weighted by molar-refractivity contribution is 9.10. The van der Waals surface area contributed by atoms with E-state index in [-0.39, 0.29) is 0 Å². The van der Waals surface area contributed by atoms with Crippen LogP contribution < -0.4 is 10.1 Å². The van der Waals surface area contributed by atoms with Crippen LogP contribution in [0.3, 0.4) is 0 Å². The Hall–Kier alpha value is -1.10. The second kappa shape index (κ2) is 7.62. The predicted octanol–water partition coefficient (Wildman–Crippen LogP) is 4.19. The lowest BCUT2D eigenvalue weighted by atomic mass is 10.2. The number of benzene rings is 1. The quantitative estimate of drug-likeness (QED) is 0.844. The standard InChI is InChI=1S/C15H16BrClN2O/c1-2-18-8-12-7-14(17)15(19-9-12)20-10-11-3-5-13(16)6-4-11/h3-7,9,18H,2,8,10H2,1H3. The molecular formula is C15H16BrClN2O. The summed E-state index contributed by atoms with van der Waals surface area (Å²) >= 11 is 9.58. The number of pyridine rings is 1. The molecule has 1 aromatic heterocycles. The summed E-state index contributed by atoms with van der Waals surface area (Å²) in [6.07, 6.45) is 1.78. The minimum Gasteiger partial charge on any atom is -0.472 e. The van der Waals surface area contributed by atoms with Crippen molar-refractivity contribution in [3.8, 4) is 5.88 Å². The van der Waals surface area contributed by atoms with E-state index >= 15 is 0 Å². The molecule has 0 aliphatic carbocycles. The lowest BCUT2D eigenvalue weighted by molar-refractivity contribution is 0.294. The molecule has 5 heteroatoms. The first-order valence-electron chi connectivity index (χ1n) is 6.41. The second-order valence-corrected chi connectivity index (χ2v) is 5.65. The second-order valence-electron chi connectivity index (χ2n) is 4.33. The zero-order chi connectivity index (χ0) is 14.4. The lowest BCUT2D eigenvalue weighted by Gasteiger charge is -2.09. The van der Waals surface area contributed by atoms with Crippen molar-refractivity contribution in [2.24, 2.45) is 0 Å². The fourth-order valence-electron chi connectivity index (χ4n) is 1.67. The van der Waals surface area contributed by atoms with Crippen molar-refractivity contribution in [2.75, 3.05) is 6.54 Å². The van der Waals surface area contributed by atoms with Crippen LogP contribution in [0.15, 0.2) is 41.0 Å². The number of halogens is 2. The summed E-state index contributed by atoms with van der Waals surface area (Å²) in [5.74, 6) is 0.467. The molecule has 0 bridgehead atoms. The van der Waals surface area contributed by atoms with Crippen LogP contribution in [0.5, 0.6) is 5.88 Å². The van der Waals surface area contributed by atoms with Crippen LogP contribution in [0.2, 0.25) is 5.02 Å². The molecule has 0 atom stereocenters. The van der Waals surface area contributed by atoms with Gasteiger partial charge in [-0.3, -0.25) is 0 Å². The van der Waals surface area contributed by atoms with Crippen molar-refractivity contribution in [1.29, 1.82) is 0 Å². The Bertz CT molecular complexity index is 560. The summed E-state index contributed by atoms with van der Waals surface area (Å²) in [4.78, 5) is 4.26. The third-order valence-electron chi connectivity index (χ3n) is 2.73. The Morgan fingerprint density at radius 1 is 1.25 bits per heavy atom. The Morgan fingerprint density at radius 2 is 2.00 bits per heavy atom. The molecule has 0 saturated carbocycles. The first kappa shape index (κ1) is 15.3. The maximum absolute atomic E-state index is 6.18. The van der Waals surface area contributed by atoms with Gasteiger partial charge in [-0.15, -0.1) is 0 Å². The molecule has 0 aliphatic heterocycles. The molecule has 2 aromatic rings. The van der Waals surface area contributed by atoms with E-state index in [2.05, 4.69) is 33.2 Å². The van der Waals surface area contributed by atoms with Gasteiger partial charge in [0.05, 0.1) is 0 Å². The SMILES string of the molecule is CCNCc1cnc(OCc2ccc(Br)cc2)c(Cl)c1. The summed E-state index contributed by atoms with van der Waals surface area (Å²) in [7, 11) is 0. The van der Waals surface area contributed by atoms with E-state index in [0.717, 1.165) is 28.7 Å². The number of rotatable bonds is 6. The van der Waals surface area contributed by atoms with Gasteiger partial charge in [-0.25, -0.2) is 4.98 Å².